The Balaban J connectivity index is 1.75. The highest BCUT2D eigenvalue weighted by Gasteiger charge is 2.18. The fourth-order valence-electron chi connectivity index (χ4n) is 2.29. The molecule has 1 N–H and O–H groups in total. The molecular weight excluding hydrogens is 242 g/mol. The van der Waals surface area contributed by atoms with Crippen molar-refractivity contribution in [2.24, 2.45) is 0 Å². The van der Waals surface area contributed by atoms with Crippen molar-refractivity contribution in [2.45, 2.75) is 51.9 Å². The SMILES string of the molecule is CC(C)NCc1cc(CN(C)CC2CCCO2)on1. The third-order valence-corrected chi connectivity index (χ3v) is 3.26. The van der Waals surface area contributed by atoms with Crippen LogP contribution in [0.15, 0.2) is 10.6 Å². The van der Waals surface area contributed by atoms with Crippen LogP contribution < -0.4 is 5.32 Å². The number of rotatable bonds is 7. The van der Waals surface area contributed by atoms with Crippen LogP contribution in [0.2, 0.25) is 0 Å². The van der Waals surface area contributed by atoms with Crippen LogP contribution in [0, 0.1) is 0 Å². The van der Waals surface area contributed by atoms with Crippen LogP contribution in [0.1, 0.15) is 38.1 Å². The van der Waals surface area contributed by atoms with Crippen LogP contribution in [0.3, 0.4) is 0 Å². The quantitative estimate of drug-likeness (QED) is 0.816. The van der Waals surface area contributed by atoms with E-state index in [1.807, 2.05) is 6.07 Å². The minimum Gasteiger partial charge on any atom is -0.377 e. The average molecular weight is 267 g/mol. The highest BCUT2D eigenvalue weighted by Crippen LogP contribution is 2.14. The Morgan fingerprint density at radius 3 is 3.05 bits per heavy atom. The average Bonchev–Trinajstić information content (AvgIpc) is 2.98. The van der Waals surface area contributed by atoms with Crippen LogP contribution in [0.5, 0.6) is 0 Å². The molecule has 1 aliphatic heterocycles. The Morgan fingerprint density at radius 2 is 2.37 bits per heavy atom. The van der Waals surface area contributed by atoms with E-state index in [-0.39, 0.29) is 0 Å². The summed E-state index contributed by atoms with van der Waals surface area (Å²) in [6.45, 7) is 7.66. The summed E-state index contributed by atoms with van der Waals surface area (Å²) in [5, 5.41) is 7.41. The molecule has 0 radical (unpaired) electrons. The molecule has 1 fully saturated rings. The number of aromatic nitrogens is 1. The maximum atomic E-state index is 5.63. The van der Waals surface area contributed by atoms with Gasteiger partial charge in [0.25, 0.3) is 0 Å². The van der Waals surface area contributed by atoms with Gasteiger partial charge in [0.2, 0.25) is 0 Å². The Morgan fingerprint density at radius 1 is 1.53 bits per heavy atom. The summed E-state index contributed by atoms with van der Waals surface area (Å²) in [6.07, 6.45) is 2.74. The summed E-state index contributed by atoms with van der Waals surface area (Å²) < 4.78 is 11.0. The van der Waals surface area contributed by atoms with E-state index in [9.17, 15) is 0 Å². The first-order chi connectivity index (χ1) is 9.13. The van der Waals surface area contributed by atoms with Gasteiger partial charge in [-0.1, -0.05) is 19.0 Å². The van der Waals surface area contributed by atoms with Crippen molar-refractivity contribution < 1.29 is 9.26 Å². The van der Waals surface area contributed by atoms with Gasteiger partial charge in [-0.25, -0.2) is 0 Å². The first kappa shape index (κ1) is 14.5. The molecule has 0 spiro atoms. The van der Waals surface area contributed by atoms with Gasteiger partial charge in [-0.3, -0.25) is 4.90 Å². The zero-order valence-corrected chi connectivity index (χ0v) is 12.2. The third-order valence-electron chi connectivity index (χ3n) is 3.26. The van der Waals surface area contributed by atoms with Crippen LogP contribution in [0.4, 0.5) is 0 Å². The lowest BCUT2D eigenvalue weighted by atomic mass is 10.2. The van der Waals surface area contributed by atoms with Gasteiger partial charge in [-0.2, -0.15) is 0 Å². The van der Waals surface area contributed by atoms with Gasteiger partial charge in [-0.05, 0) is 19.9 Å². The fourth-order valence-corrected chi connectivity index (χ4v) is 2.29. The largest absolute Gasteiger partial charge is 0.377 e. The van der Waals surface area contributed by atoms with E-state index in [0.717, 1.165) is 37.7 Å². The molecule has 0 saturated carbocycles. The topological polar surface area (TPSA) is 50.5 Å². The lowest BCUT2D eigenvalue weighted by Crippen LogP contribution is -2.28. The zero-order valence-electron chi connectivity index (χ0n) is 12.2. The number of likely N-dealkylation sites (N-methyl/N-ethyl adjacent to an activating group) is 1. The molecule has 1 aromatic rings. The molecule has 1 unspecified atom stereocenters. The highest BCUT2D eigenvalue weighted by atomic mass is 16.5. The highest BCUT2D eigenvalue weighted by molar-refractivity contribution is 5.05. The predicted octanol–water partition coefficient (Wildman–Crippen LogP) is 1.78. The molecule has 1 atom stereocenters. The van der Waals surface area contributed by atoms with Crippen molar-refractivity contribution >= 4 is 0 Å². The van der Waals surface area contributed by atoms with Gasteiger partial charge >= 0.3 is 0 Å². The van der Waals surface area contributed by atoms with Crippen molar-refractivity contribution in [3.05, 3.63) is 17.5 Å². The van der Waals surface area contributed by atoms with Gasteiger partial charge < -0.3 is 14.6 Å². The van der Waals surface area contributed by atoms with Crippen molar-refractivity contribution in [3.63, 3.8) is 0 Å². The summed E-state index contributed by atoms with van der Waals surface area (Å²) in [7, 11) is 2.09. The van der Waals surface area contributed by atoms with Crippen LogP contribution in [0.25, 0.3) is 0 Å². The van der Waals surface area contributed by atoms with Gasteiger partial charge in [0.15, 0.2) is 5.76 Å². The maximum absolute atomic E-state index is 5.63. The van der Waals surface area contributed by atoms with Crippen LogP contribution >= 0.6 is 0 Å². The van der Waals surface area contributed by atoms with Crippen LogP contribution in [-0.2, 0) is 17.8 Å². The van der Waals surface area contributed by atoms with Gasteiger partial charge in [0.1, 0.15) is 0 Å². The second kappa shape index (κ2) is 7.03. The summed E-state index contributed by atoms with van der Waals surface area (Å²) >= 11 is 0. The molecule has 1 aliphatic rings. The lowest BCUT2D eigenvalue weighted by Gasteiger charge is -2.18. The van der Waals surface area contributed by atoms with E-state index in [1.54, 1.807) is 0 Å². The van der Waals surface area contributed by atoms with Crippen molar-refractivity contribution in [2.75, 3.05) is 20.2 Å². The molecule has 0 aliphatic carbocycles. The molecule has 0 amide bonds. The molecule has 0 aromatic carbocycles. The molecule has 1 saturated heterocycles. The van der Waals surface area contributed by atoms with E-state index < -0.39 is 0 Å². The molecule has 1 aromatic heterocycles. The van der Waals surface area contributed by atoms with Crippen molar-refractivity contribution in [3.8, 4) is 0 Å². The van der Waals surface area contributed by atoms with Crippen LogP contribution in [-0.4, -0.2) is 42.4 Å². The first-order valence-corrected chi connectivity index (χ1v) is 7.11. The van der Waals surface area contributed by atoms with Gasteiger partial charge in [0, 0.05) is 31.8 Å². The minimum absolute atomic E-state index is 0.384. The predicted molar refractivity (Wildman–Crippen MR) is 73.8 cm³/mol. The Kier molecular flexibility index (Phi) is 5.36. The number of nitrogens with zero attached hydrogens (tertiary/aromatic N) is 2. The number of hydrogen-bond acceptors (Lipinski definition) is 5. The molecule has 108 valence electrons. The van der Waals surface area contributed by atoms with Crippen molar-refractivity contribution in [1.82, 2.24) is 15.4 Å². The molecule has 2 rings (SSSR count). The maximum Gasteiger partial charge on any atom is 0.151 e. The summed E-state index contributed by atoms with van der Waals surface area (Å²) in [5.74, 6) is 0.918. The standard InChI is InChI=1S/C14H25N3O2/c1-11(2)15-8-12-7-14(19-16-12)10-17(3)9-13-5-4-6-18-13/h7,11,13,15H,4-6,8-10H2,1-3H3. The molecule has 5 heteroatoms. The Bertz CT molecular complexity index is 373. The lowest BCUT2D eigenvalue weighted by molar-refractivity contribution is 0.0768. The van der Waals surface area contributed by atoms with E-state index >= 15 is 0 Å². The van der Waals surface area contributed by atoms with E-state index in [1.165, 1.54) is 12.8 Å². The Hall–Kier alpha value is -0.910. The number of ether oxygens (including phenoxy) is 1. The monoisotopic (exact) mass is 267 g/mol. The normalized spacial score (nSPS) is 19.7. The second-order valence-electron chi connectivity index (χ2n) is 5.65. The minimum atomic E-state index is 0.384. The smallest absolute Gasteiger partial charge is 0.151 e. The summed E-state index contributed by atoms with van der Waals surface area (Å²) in [4.78, 5) is 2.23. The first-order valence-electron chi connectivity index (χ1n) is 7.11. The zero-order chi connectivity index (χ0) is 13.7. The Labute approximate surface area is 115 Å². The third kappa shape index (κ3) is 4.93. The molecule has 19 heavy (non-hydrogen) atoms. The van der Waals surface area contributed by atoms with E-state index in [4.69, 9.17) is 9.26 Å². The summed E-state index contributed by atoms with van der Waals surface area (Å²) in [5.41, 5.74) is 0.967. The molecular formula is C14H25N3O2. The van der Waals surface area contributed by atoms with E-state index in [2.05, 4.69) is 36.3 Å². The van der Waals surface area contributed by atoms with Gasteiger partial charge in [-0.15, -0.1) is 0 Å². The van der Waals surface area contributed by atoms with E-state index in [0.29, 0.717) is 12.1 Å². The number of nitrogens with one attached hydrogen (secondary N) is 1. The summed E-state index contributed by atoms with van der Waals surface area (Å²) in [6, 6.07) is 2.49. The van der Waals surface area contributed by atoms with Crippen molar-refractivity contribution in [1.29, 1.82) is 0 Å². The second-order valence-corrected chi connectivity index (χ2v) is 5.65. The molecule has 5 nitrogen and oxygen atoms in total. The molecule has 0 bridgehead atoms. The van der Waals surface area contributed by atoms with Gasteiger partial charge in [0.05, 0.1) is 18.3 Å². The molecule has 2 heterocycles. The number of hydrogen-bond donors (Lipinski definition) is 1. The fraction of sp³-hybridized carbons (Fsp3) is 0.786.